The van der Waals surface area contributed by atoms with E-state index in [1.807, 2.05) is 36.4 Å². The smallest absolute Gasteiger partial charge is 0.161 e. The van der Waals surface area contributed by atoms with E-state index >= 15 is 0 Å². The van der Waals surface area contributed by atoms with Crippen LogP contribution in [-0.4, -0.2) is 28.4 Å². The van der Waals surface area contributed by atoms with Crippen molar-refractivity contribution in [3.8, 4) is 23.0 Å². The van der Waals surface area contributed by atoms with Gasteiger partial charge < -0.3 is 18.9 Å². The first-order valence-corrected chi connectivity index (χ1v) is 7.75. The van der Waals surface area contributed by atoms with Crippen molar-refractivity contribution >= 4 is 6.08 Å². The summed E-state index contributed by atoms with van der Waals surface area (Å²) in [4.78, 5) is 0. The second kappa shape index (κ2) is 8.29. The van der Waals surface area contributed by atoms with Gasteiger partial charge in [0.15, 0.2) is 23.0 Å². The molecular weight excluding hydrogens is 304 g/mol. The molecule has 0 saturated carbocycles. The van der Waals surface area contributed by atoms with Crippen molar-refractivity contribution in [2.45, 2.75) is 12.8 Å². The normalized spacial score (nSPS) is 12.0. The van der Waals surface area contributed by atoms with Crippen LogP contribution in [-0.2, 0) is 0 Å². The largest absolute Gasteiger partial charge is 0.493 e. The fourth-order valence-corrected chi connectivity index (χ4v) is 2.46. The monoisotopic (exact) mass is 328 g/mol. The molecule has 0 heterocycles. The highest BCUT2D eigenvalue weighted by molar-refractivity contribution is 5.57. The quantitative estimate of drug-likeness (QED) is 0.748. The Kier molecular flexibility index (Phi) is 6.13. The Labute approximate surface area is 143 Å². The molecule has 128 valence electrons. The zero-order valence-electron chi connectivity index (χ0n) is 14.8. The van der Waals surface area contributed by atoms with Crippen LogP contribution in [0.2, 0.25) is 0 Å². The molecule has 0 N–H and O–H groups in total. The standard InChI is InChI=1S/C20H24O4/c1-14(16-9-11-18(22-3)20(13-16)24-5)6-7-15-8-10-17(21-2)19(12-15)23-4/h6-14H,1-5H3/b7-6+. The minimum atomic E-state index is 0.234. The average molecular weight is 328 g/mol. The molecule has 24 heavy (non-hydrogen) atoms. The summed E-state index contributed by atoms with van der Waals surface area (Å²) < 4.78 is 21.2. The molecule has 4 heteroatoms. The van der Waals surface area contributed by atoms with Crippen molar-refractivity contribution in [2.24, 2.45) is 0 Å². The summed E-state index contributed by atoms with van der Waals surface area (Å²) >= 11 is 0. The lowest BCUT2D eigenvalue weighted by Gasteiger charge is -2.12. The van der Waals surface area contributed by atoms with E-state index in [1.54, 1.807) is 28.4 Å². The predicted molar refractivity (Wildman–Crippen MR) is 96.5 cm³/mol. The van der Waals surface area contributed by atoms with Gasteiger partial charge in [0.1, 0.15) is 0 Å². The van der Waals surface area contributed by atoms with Crippen LogP contribution < -0.4 is 18.9 Å². The number of allylic oxidation sites excluding steroid dienone is 1. The topological polar surface area (TPSA) is 36.9 Å². The van der Waals surface area contributed by atoms with E-state index in [4.69, 9.17) is 18.9 Å². The maximum Gasteiger partial charge on any atom is 0.161 e. The van der Waals surface area contributed by atoms with Gasteiger partial charge in [-0.3, -0.25) is 0 Å². The first-order chi connectivity index (χ1) is 11.6. The van der Waals surface area contributed by atoms with Crippen LogP contribution in [0.4, 0.5) is 0 Å². The lowest BCUT2D eigenvalue weighted by Crippen LogP contribution is -1.94. The van der Waals surface area contributed by atoms with Crippen LogP contribution in [0, 0.1) is 0 Å². The highest BCUT2D eigenvalue weighted by Gasteiger charge is 2.08. The minimum Gasteiger partial charge on any atom is -0.493 e. The summed E-state index contributed by atoms with van der Waals surface area (Å²) in [6.45, 7) is 2.14. The van der Waals surface area contributed by atoms with Gasteiger partial charge in [0.05, 0.1) is 28.4 Å². The molecule has 4 nitrogen and oxygen atoms in total. The van der Waals surface area contributed by atoms with Gasteiger partial charge in [-0.2, -0.15) is 0 Å². The Balaban J connectivity index is 2.19. The fourth-order valence-electron chi connectivity index (χ4n) is 2.46. The molecule has 0 amide bonds. The summed E-state index contributed by atoms with van der Waals surface area (Å²) in [7, 11) is 6.55. The summed E-state index contributed by atoms with van der Waals surface area (Å²) in [6, 6.07) is 11.8. The lowest BCUT2D eigenvalue weighted by molar-refractivity contribution is 0.354. The molecule has 0 radical (unpaired) electrons. The number of hydrogen-bond donors (Lipinski definition) is 0. The number of rotatable bonds is 7. The molecule has 0 saturated heterocycles. The van der Waals surface area contributed by atoms with Gasteiger partial charge in [0, 0.05) is 0 Å². The van der Waals surface area contributed by atoms with Crippen LogP contribution in [0.5, 0.6) is 23.0 Å². The molecule has 0 bridgehead atoms. The lowest BCUT2D eigenvalue weighted by atomic mass is 9.99. The molecule has 0 aromatic heterocycles. The van der Waals surface area contributed by atoms with E-state index < -0.39 is 0 Å². The highest BCUT2D eigenvalue weighted by atomic mass is 16.5. The third-order valence-corrected chi connectivity index (χ3v) is 3.92. The fraction of sp³-hybridized carbons (Fsp3) is 0.300. The van der Waals surface area contributed by atoms with Crippen LogP contribution in [0.1, 0.15) is 24.0 Å². The third-order valence-electron chi connectivity index (χ3n) is 3.92. The molecule has 2 aromatic carbocycles. The van der Waals surface area contributed by atoms with Gasteiger partial charge in [-0.1, -0.05) is 31.2 Å². The van der Waals surface area contributed by atoms with Gasteiger partial charge in [-0.05, 0) is 41.3 Å². The SMILES string of the molecule is COc1ccc(/C=C/C(C)c2ccc(OC)c(OC)c2)cc1OC. The molecule has 2 rings (SSSR count). The number of benzene rings is 2. The van der Waals surface area contributed by atoms with Crippen LogP contribution >= 0.6 is 0 Å². The molecular formula is C20H24O4. The van der Waals surface area contributed by atoms with Gasteiger partial charge in [0.2, 0.25) is 0 Å². The van der Waals surface area contributed by atoms with E-state index in [2.05, 4.69) is 19.1 Å². The van der Waals surface area contributed by atoms with E-state index in [9.17, 15) is 0 Å². The zero-order chi connectivity index (χ0) is 17.5. The predicted octanol–water partition coefficient (Wildman–Crippen LogP) is 4.54. The second-order valence-electron chi connectivity index (χ2n) is 5.38. The maximum absolute atomic E-state index is 5.37. The van der Waals surface area contributed by atoms with Crippen molar-refractivity contribution in [1.82, 2.24) is 0 Å². The van der Waals surface area contributed by atoms with Crippen LogP contribution in [0.3, 0.4) is 0 Å². The van der Waals surface area contributed by atoms with Gasteiger partial charge in [-0.15, -0.1) is 0 Å². The summed E-state index contributed by atoms with van der Waals surface area (Å²) in [5, 5.41) is 0. The highest BCUT2D eigenvalue weighted by Crippen LogP contribution is 2.32. The molecule has 0 spiro atoms. The van der Waals surface area contributed by atoms with E-state index in [1.165, 1.54) is 0 Å². The summed E-state index contributed by atoms with van der Waals surface area (Å²) in [5.74, 6) is 3.15. The summed E-state index contributed by atoms with van der Waals surface area (Å²) in [5.41, 5.74) is 2.21. The van der Waals surface area contributed by atoms with Crippen LogP contribution in [0.25, 0.3) is 6.08 Å². The number of methoxy groups -OCH3 is 4. The molecule has 0 fully saturated rings. The molecule has 0 aliphatic rings. The van der Waals surface area contributed by atoms with Gasteiger partial charge in [-0.25, -0.2) is 0 Å². The molecule has 1 atom stereocenters. The minimum absolute atomic E-state index is 0.234. The van der Waals surface area contributed by atoms with Crippen LogP contribution in [0.15, 0.2) is 42.5 Å². The van der Waals surface area contributed by atoms with E-state index in [0.29, 0.717) is 0 Å². The van der Waals surface area contributed by atoms with Crippen molar-refractivity contribution < 1.29 is 18.9 Å². The first-order valence-electron chi connectivity index (χ1n) is 7.75. The zero-order valence-corrected chi connectivity index (χ0v) is 14.8. The number of hydrogen-bond acceptors (Lipinski definition) is 4. The Morgan fingerprint density at radius 3 is 1.83 bits per heavy atom. The number of ether oxygens (including phenoxy) is 4. The Morgan fingerprint density at radius 2 is 1.25 bits per heavy atom. The van der Waals surface area contributed by atoms with E-state index in [-0.39, 0.29) is 5.92 Å². The average Bonchev–Trinajstić information content (AvgIpc) is 2.64. The van der Waals surface area contributed by atoms with Crippen molar-refractivity contribution in [3.63, 3.8) is 0 Å². The molecule has 1 unspecified atom stereocenters. The molecule has 0 aliphatic heterocycles. The Hall–Kier alpha value is -2.62. The third kappa shape index (κ3) is 4.02. The van der Waals surface area contributed by atoms with Gasteiger partial charge >= 0.3 is 0 Å². The second-order valence-corrected chi connectivity index (χ2v) is 5.38. The summed E-state index contributed by atoms with van der Waals surface area (Å²) in [6.07, 6.45) is 4.21. The van der Waals surface area contributed by atoms with Crippen molar-refractivity contribution in [2.75, 3.05) is 28.4 Å². The van der Waals surface area contributed by atoms with Gasteiger partial charge in [0.25, 0.3) is 0 Å². The van der Waals surface area contributed by atoms with Crippen molar-refractivity contribution in [3.05, 3.63) is 53.6 Å². The first kappa shape index (κ1) is 17.7. The Morgan fingerprint density at radius 1 is 0.708 bits per heavy atom. The van der Waals surface area contributed by atoms with Crippen molar-refractivity contribution in [1.29, 1.82) is 0 Å². The Bertz CT molecular complexity index is 707. The molecule has 0 aliphatic carbocycles. The maximum atomic E-state index is 5.37. The molecule has 2 aromatic rings. The van der Waals surface area contributed by atoms with E-state index in [0.717, 1.165) is 34.1 Å².